The van der Waals surface area contributed by atoms with Gasteiger partial charge in [-0.1, -0.05) is 5.92 Å². The van der Waals surface area contributed by atoms with E-state index < -0.39 is 24.8 Å². The highest BCUT2D eigenvalue weighted by atomic mass is 19.4. The molecule has 9 heteroatoms. The second kappa shape index (κ2) is 6.41. The van der Waals surface area contributed by atoms with E-state index in [0.29, 0.717) is 41.9 Å². The van der Waals surface area contributed by atoms with E-state index >= 15 is 0 Å². The predicted molar refractivity (Wildman–Crippen MR) is 90.8 cm³/mol. The number of alkyl halides is 3. The SMILES string of the molecule is C#Cc1ccc2c(c1)C(=O)N1CCC[C@H]1c1c(C(=O)OCC(F)(F)F)ncn1-2. The summed E-state index contributed by atoms with van der Waals surface area (Å²) >= 11 is 0. The molecular weight excluding hydrogens is 375 g/mol. The number of aromatic nitrogens is 2. The Morgan fingerprint density at radius 2 is 2.18 bits per heavy atom. The number of rotatable bonds is 2. The first-order valence-corrected chi connectivity index (χ1v) is 8.53. The van der Waals surface area contributed by atoms with Crippen LogP contribution in [0.3, 0.4) is 0 Å². The van der Waals surface area contributed by atoms with Crippen LogP contribution in [0.2, 0.25) is 0 Å². The Labute approximate surface area is 157 Å². The summed E-state index contributed by atoms with van der Waals surface area (Å²) in [5.74, 6) is 1.06. The van der Waals surface area contributed by atoms with Gasteiger partial charge in [0.05, 0.1) is 23.0 Å². The molecule has 0 unspecified atom stereocenters. The second-order valence-corrected chi connectivity index (χ2v) is 6.57. The van der Waals surface area contributed by atoms with Crippen molar-refractivity contribution in [2.45, 2.75) is 25.1 Å². The summed E-state index contributed by atoms with van der Waals surface area (Å²) in [7, 11) is 0. The number of terminal acetylenes is 1. The normalized spacial score (nSPS) is 18.0. The molecule has 144 valence electrons. The first-order chi connectivity index (χ1) is 13.3. The van der Waals surface area contributed by atoms with Gasteiger partial charge in [-0.25, -0.2) is 9.78 Å². The Balaban J connectivity index is 1.84. The van der Waals surface area contributed by atoms with E-state index in [1.54, 1.807) is 27.7 Å². The number of amides is 1. The fourth-order valence-corrected chi connectivity index (χ4v) is 3.70. The van der Waals surface area contributed by atoms with E-state index in [-0.39, 0.29) is 11.6 Å². The Kier molecular flexibility index (Phi) is 4.14. The van der Waals surface area contributed by atoms with E-state index in [4.69, 9.17) is 6.42 Å². The number of carbonyl (C=O) groups excluding carboxylic acids is 2. The van der Waals surface area contributed by atoms with E-state index in [0.717, 1.165) is 0 Å². The summed E-state index contributed by atoms with van der Waals surface area (Å²) < 4.78 is 43.2. The third-order valence-electron chi connectivity index (χ3n) is 4.85. The number of esters is 1. The zero-order valence-corrected chi connectivity index (χ0v) is 14.5. The van der Waals surface area contributed by atoms with E-state index in [1.807, 2.05) is 0 Å². The highest BCUT2D eigenvalue weighted by Gasteiger charge is 2.41. The summed E-state index contributed by atoms with van der Waals surface area (Å²) in [6, 6.07) is 4.39. The molecule has 0 bridgehead atoms. The minimum Gasteiger partial charge on any atom is -0.451 e. The van der Waals surface area contributed by atoms with Gasteiger partial charge in [0.1, 0.15) is 6.33 Å². The molecule has 1 fully saturated rings. The van der Waals surface area contributed by atoms with Crippen LogP contribution in [-0.2, 0) is 4.74 Å². The monoisotopic (exact) mass is 389 g/mol. The van der Waals surface area contributed by atoms with Gasteiger partial charge in [-0.3, -0.25) is 9.36 Å². The molecule has 0 aliphatic carbocycles. The van der Waals surface area contributed by atoms with Crippen LogP contribution in [0.5, 0.6) is 0 Å². The van der Waals surface area contributed by atoms with Crippen molar-refractivity contribution in [1.29, 1.82) is 0 Å². The summed E-state index contributed by atoms with van der Waals surface area (Å²) in [5.41, 5.74) is 1.48. The van der Waals surface area contributed by atoms with Crippen LogP contribution >= 0.6 is 0 Å². The zero-order chi connectivity index (χ0) is 20.1. The molecule has 1 saturated heterocycles. The molecule has 4 rings (SSSR count). The van der Waals surface area contributed by atoms with Crippen molar-refractivity contribution in [3.8, 4) is 18.0 Å². The number of carbonyl (C=O) groups is 2. The third-order valence-corrected chi connectivity index (χ3v) is 4.85. The first-order valence-electron chi connectivity index (χ1n) is 8.53. The molecule has 6 nitrogen and oxygen atoms in total. The fraction of sp³-hybridized carbons (Fsp3) is 0.316. The quantitative estimate of drug-likeness (QED) is 0.585. The Bertz CT molecular complexity index is 1020. The van der Waals surface area contributed by atoms with Crippen molar-refractivity contribution in [1.82, 2.24) is 14.5 Å². The van der Waals surface area contributed by atoms with Gasteiger partial charge in [0.2, 0.25) is 0 Å². The molecule has 0 radical (unpaired) electrons. The average Bonchev–Trinajstić information content (AvgIpc) is 3.29. The van der Waals surface area contributed by atoms with Crippen LogP contribution in [0.1, 0.15) is 51.0 Å². The van der Waals surface area contributed by atoms with Gasteiger partial charge in [0.15, 0.2) is 12.3 Å². The van der Waals surface area contributed by atoms with Crippen LogP contribution in [0.4, 0.5) is 13.2 Å². The average molecular weight is 389 g/mol. The topological polar surface area (TPSA) is 64.4 Å². The van der Waals surface area contributed by atoms with Gasteiger partial charge >= 0.3 is 12.1 Å². The minimum atomic E-state index is -4.64. The molecule has 2 aromatic rings. The lowest BCUT2D eigenvalue weighted by molar-refractivity contribution is -0.161. The smallest absolute Gasteiger partial charge is 0.422 e. The number of fused-ring (bicyclic) bond motifs is 5. The highest BCUT2D eigenvalue weighted by Crippen LogP contribution is 2.40. The lowest BCUT2D eigenvalue weighted by Gasteiger charge is -2.22. The van der Waals surface area contributed by atoms with Crippen LogP contribution in [0, 0.1) is 12.3 Å². The molecule has 2 aliphatic heterocycles. The molecule has 1 aromatic carbocycles. The lowest BCUT2D eigenvalue weighted by Crippen LogP contribution is -2.30. The fourth-order valence-electron chi connectivity index (χ4n) is 3.70. The standard InChI is InChI=1S/C19H14F3N3O3/c1-2-11-5-6-13-12(8-11)17(26)24-7-3-4-14(24)16-15(23-10-25(13)16)18(27)28-9-19(20,21)22/h1,5-6,8,10,14H,3-4,7,9H2/t14-/m0/s1. The van der Waals surface area contributed by atoms with Crippen LogP contribution in [-0.4, -0.2) is 45.7 Å². The van der Waals surface area contributed by atoms with Gasteiger partial charge < -0.3 is 9.64 Å². The second-order valence-electron chi connectivity index (χ2n) is 6.57. The van der Waals surface area contributed by atoms with Gasteiger partial charge in [-0.2, -0.15) is 13.2 Å². The number of ether oxygens (including phenoxy) is 1. The first kappa shape index (κ1) is 18.1. The number of imidazole rings is 1. The van der Waals surface area contributed by atoms with Crippen LogP contribution in [0.25, 0.3) is 5.69 Å². The van der Waals surface area contributed by atoms with Crippen molar-refractivity contribution >= 4 is 11.9 Å². The zero-order valence-electron chi connectivity index (χ0n) is 14.5. The molecule has 0 spiro atoms. The summed E-state index contributed by atoms with van der Waals surface area (Å²) in [5, 5.41) is 0. The van der Waals surface area contributed by atoms with Crippen molar-refractivity contribution in [2.75, 3.05) is 13.2 Å². The number of nitrogens with zero attached hydrogens (tertiary/aromatic N) is 3. The summed E-state index contributed by atoms with van der Waals surface area (Å²) in [6.07, 6.45) is 3.38. The van der Waals surface area contributed by atoms with Gasteiger partial charge in [-0.05, 0) is 31.0 Å². The molecule has 2 aliphatic rings. The molecule has 0 N–H and O–H groups in total. The Morgan fingerprint density at radius 3 is 2.89 bits per heavy atom. The van der Waals surface area contributed by atoms with Crippen molar-refractivity contribution < 1.29 is 27.5 Å². The molecular formula is C19H14F3N3O3. The van der Waals surface area contributed by atoms with E-state index in [9.17, 15) is 22.8 Å². The van der Waals surface area contributed by atoms with Gasteiger partial charge in [0, 0.05) is 12.1 Å². The minimum absolute atomic E-state index is 0.220. The summed E-state index contributed by atoms with van der Waals surface area (Å²) in [6.45, 7) is -1.24. The lowest BCUT2D eigenvalue weighted by atomic mass is 10.1. The number of halogens is 3. The number of hydrogen-bond donors (Lipinski definition) is 0. The Morgan fingerprint density at radius 1 is 1.39 bits per heavy atom. The maximum atomic E-state index is 13.0. The van der Waals surface area contributed by atoms with Crippen molar-refractivity contribution in [3.05, 3.63) is 47.0 Å². The number of benzene rings is 1. The van der Waals surface area contributed by atoms with Crippen molar-refractivity contribution in [2.24, 2.45) is 0 Å². The maximum absolute atomic E-state index is 13.0. The van der Waals surface area contributed by atoms with Gasteiger partial charge in [-0.15, -0.1) is 6.42 Å². The largest absolute Gasteiger partial charge is 0.451 e. The molecule has 0 saturated carbocycles. The third kappa shape index (κ3) is 2.91. The predicted octanol–water partition coefficient (Wildman–Crippen LogP) is 2.86. The summed E-state index contributed by atoms with van der Waals surface area (Å²) in [4.78, 5) is 30.9. The van der Waals surface area contributed by atoms with E-state index in [2.05, 4.69) is 15.6 Å². The van der Waals surface area contributed by atoms with Crippen LogP contribution in [0.15, 0.2) is 24.5 Å². The number of hydrogen-bond acceptors (Lipinski definition) is 4. The van der Waals surface area contributed by atoms with Crippen molar-refractivity contribution in [3.63, 3.8) is 0 Å². The molecule has 1 amide bonds. The molecule has 28 heavy (non-hydrogen) atoms. The molecule has 1 aromatic heterocycles. The van der Waals surface area contributed by atoms with E-state index in [1.165, 1.54) is 6.33 Å². The van der Waals surface area contributed by atoms with Gasteiger partial charge in [0.25, 0.3) is 5.91 Å². The molecule has 1 atom stereocenters. The maximum Gasteiger partial charge on any atom is 0.422 e. The highest BCUT2D eigenvalue weighted by molar-refractivity contribution is 6.00. The molecule has 3 heterocycles. The Hall–Kier alpha value is -3.28. The van der Waals surface area contributed by atoms with Crippen LogP contribution < -0.4 is 0 Å².